The minimum Gasteiger partial charge on any atom is -0.465 e. The molecule has 0 fully saturated rings. The SMILES string of the molecule is COC(=O)c1c(Cl)oc(Cl)c1C(=O)OC. The lowest BCUT2D eigenvalue weighted by Crippen LogP contribution is -2.10. The Kier molecular flexibility index (Phi) is 3.60. The largest absolute Gasteiger partial charge is 0.465 e. The minimum atomic E-state index is -0.823. The van der Waals surface area contributed by atoms with Gasteiger partial charge in [0.15, 0.2) is 0 Å². The topological polar surface area (TPSA) is 65.7 Å². The molecule has 1 rings (SSSR count). The number of hydrogen-bond donors (Lipinski definition) is 0. The molecule has 5 nitrogen and oxygen atoms in total. The van der Waals surface area contributed by atoms with Crippen molar-refractivity contribution in [2.24, 2.45) is 0 Å². The van der Waals surface area contributed by atoms with Gasteiger partial charge in [-0.1, -0.05) is 0 Å². The average Bonchev–Trinajstić information content (AvgIpc) is 2.51. The van der Waals surface area contributed by atoms with Gasteiger partial charge in [-0.3, -0.25) is 0 Å². The van der Waals surface area contributed by atoms with Crippen LogP contribution in [-0.4, -0.2) is 26.2 Å². The van der Waals surface area contributed by atoms with Gasteiger partial charge >= 0.3 is 11.9 Å². The van der Waals surface area contributed by atoms with Crippen molar-refractivity contribution in [1.29, 1.82) is 0 Å². The molecule has 0 aliphatic rings. The predicted octanol–water partition coefficient (Wildman–Crippen LogP) is 2.16. The van der Waals surface area contributed by atoms with Crippen molar-refractivity contribution in [3.63, 3.8) is 0 Å². The van der Waals surface area contributed by atoms with E-state index in [-0.39, 0.29) is 21.6 Å². The van der Waals surface area contributed by atoms with Crippen LogP contribution < -0.4 is 0 Å². The molecule has 0 spiro atoms. The molecule has 0 aliphatic carbocycles. The number of rotatable bonds is 2. The lowest BCUT2D eigenvalue weighted by molar-refractivity contribution is 0.0557. The van der Waals surface area contributed by atoms with Crippen LogP contribution in [-0.2, 0) is 9.47 Å². The second-order valence-corrected chi connectivity index (χ2v) is 3.07. The maximum Gasteiger partial charge on any atom is 0.343 e. The van der Waals surface area contributed by atoms with Crippen LogP contribution in [0.15, 0.2) is 4.42 Å². The number of ether oxygens (including phenoxy) is 2. The Balaban J connectivity index is 3.35. The Labute approximate surface area is 94.8 Å². The van der Waals surface area contributed by atoms with Crippen molar-refractivity contribution in [2.45, 2.75) is 0 Å². The molecular formula is C8H6Cl2O5. The van der Waals surface area contributed by atoms with Gasteiger partial charge in [-0.05, 0) is 23.2 Å². The van der Waals surface area contributed by atoms with E-state index in [1.165, 1.54) is 0 Å². The van der Waals surface area contributed by atoms with Crippen LogP contribution in [0.5, 0.6) is 0 Å². The molecule has 0 saturated heterocycles. The van der Waals surface area contributed by atoms with Gasteiger partial charge in [0.1, 0.15) is 11.1 Å². The van der Waals surface area contributed by atoms with E-state index in [1.807, 2.05) is 0 Å². The molecule has 0 amide bonds. The molecule has 0 unspecified atom stereocenters. The van der Waals surface area contributed by atoms with Gasteiger partial charge in [0.25, 0.3) is 0 Å². The van der Waals surface area contributed by atoms with Crippen LogP contribution in [0.25, 0.3) is 0 Å². The first-order valence-corrected chi connectivity index (χ1v) is 4.43. The zero-order valence-corrected chi connectivity index (χ0v) is 9.31. The number of esters is 2. The monoisotopic (exact) mass is 252 g/mol. The van der Waals surface area contributed by atoms with E-state index < -0.39 is 11.9 Å². The third-order valence-electron chi connectivity index (χ3n) is 1.60. The number of halogens is 2. The fraction of sp³-hybridized carbons (Fsp3) is 0.250. The van der Waals surface area contributed by atoms with Crippen molar-refractivity contribution in [3.8, 4) is 0 Å². The molecular weight excluding hydrogens is 247 g/mol. The summed E-state index contributed by atoms with van der Waals surface area (Å²) >= 11 is 11.1. The highest BCUT2D eigenvalue weighted by Crippen LogP contribution is 2.31. The van der Waals surface area contributed by atoms with Crippen molar-refractivity contribution < 1.29 is 23.5 Å². The van der Waals surface area contributed by atoms with Gasteiger partial charge in [0.05, 0.1) is 14.2 Å². The van der Waals surface area contributed by atoms with Crippen LogP contribution in [0.1, 0.15) is 20.7 Å². The van der Waals surface area contributed by atoms with E-state index in [0.29, 0.717) is 0 Å². The normalized spacial score (nSPS) is 9.87. The van der Waals surface area contributed by atoms with Gasteiger partial charge in [0, 0.05) is 0 Å². The maximum absolute atomic E-state index is 11.3. The van der Waals surface area contributed by atoms with Gasteiger partial charge in [0.2, 0.25) is 10.4 Å². The van der Waals surface area contributed by atoms with E-state index in [1.54, 1.807) is 0 Å². The summed E-state index contributed by atoms with van der Waals surface area (Å²) in [5.41, 5.74) is -0.480. The highest BCUT2D eigenvalue weighted by molar-refractivity contribution is 6.37. The molecule has 1 heterocycles. The van der Waals surface area contributed by atoms with Crippen molar-refractivity contribution in [3.05, 3.63) is 21.6 Å². The third kappa shape index (κ3) is 2.08. The highest BCUT2D eigenvalue weighted by Gasteiger charge is 2.30. The van der Waals surface area contributed by atoms with E-state index in [2.05, 4.69) is 9.47 Å². The van der Waals surface area contributed by atoms with Gasteiger partial charge < -0.3 is 13.9 Å². The molecule has 0 radical (unpaired) electrons. The molecule has 0 aliphatic heterocycles. The molecule has 15 heavy (non-hydrogen) atoms. The summed E-state index contributed by atoms with van der Waals surface area (Å²) in [6, 6.07) is 0. The van der Waals surface area contributed by atoms with E-state index in [9.17, 15) is 9.59 Å². The van der Waals surface area contributed by atoms with E-state index >= 15 is 0 Å². The minimum absolute atomic E-state index is 0.240. The number of carbonyl (C=O) groups is 2. The van der Waals surface area contributed by atoms with Crippen molar-refractivity contribution >= 4 is 35.1 Å². The second kappa shape index (κ2) is 4.55. The quantitative estimate of drug-likeness (QED) is 0.755. The predicted molar refractivity (Wildman–Crippen MR) is 51.4 cm³/mol. The molecule has 0 atom stereocenters. The molecule has 0 saturated carbocycles. The van der Waals surface area contributed by atoms with E-state index in [0.717, 1.165) is 14.2 Å². The Bertz CT molecular complexity index is 373. The molecule has 1 aromatic heterocycles. The van der Waals surface area contributed by atoms with Crippen LogP contribution in [0.3, 0.4) is 0 Å². The Morgan fingerprint density at radius 3 is 1.60 bits per heavy atom. The number of hydrogen-bond acceptors (Lipinski definition) is 5. The molecule has 0 aromatic carbocycles. The molecule has 82 valence electrons. The van der Waals surface area contributed by atoms with Crippen molar-refractivity contribution in [1.82, 2.24) is 0 Å². The first-order chi connectivity index (χ1) is 7.02. The summed E-state index contributed by atoms with van der Waals surface area (Å²) in [5, 5.41) is -0.625. The summed E-state index contributed by atoms with van der Waals surface area (Å²) in [7, 11) is 2.28. The van der Waals surface area contributed by atoms with Gasteiger partial charge in [-0.15, -0.1) is 0 Å². The maximum atomic E-state index is 11.3. The van der Waals surface area contributed by atoms with Crippen LogP contribution >= 0.6 is 23.2 Å². The Morgan fingerprint density at radius 1 is 1.00 bits per heavy atom. The standard InChI is InChI=1S/C8H6Cl2O5/c1-13-7(11)3-4(8(12)14-2)6(10)15-5(3)9/h1-2H3. The van der Waals surface area contributed by atoms with E-state index in [4.69, 9.17) is 27.6 Å². The summed E-state index contributed by atoms with van der Waals surface area (Å²) in [5.74, 6) is -1.65. The fourth-order valence-corrected chi connectivity index (χ4v) is 1.48. The third-order valence-corrected chi connectivity index (χ3v) is 2.13. The summed E-state index contributed by atoms with van der Waals surface area (Å²) < 4.78 is 13.6. The fourth-order valence-electron chi connectivity index (χ4n) is 0.946. The average molecular weight is 253 g/mol. The molecule has 7 heteroatoms. The number of carbonyl (C=O) groups excluding carboxylic acids is 2. The van der Waals surface area contributed by atoms with Crippen LogP contribution in [0.2, 0.25) is 10.4 Å². The smallest absolute Gasteiger partial charge is 0.343 e. The zero-order chi connectivity index (χ0) is 11.6. The lowest BCUT2D eigenvalue weighted by atomic mass is 10.2. The van der Waals surface area contributed by atoms with Gasteiger partial charge in [-0.25, -0.2) is 9.59 Å². The highest BCUT2D eigenvalue weighted by atomic mass is 35.5. The zero-order valence-electron chi connectivity index (χ0n) is 7.80. The number of furan rings is 1. The van der Waals surface area contributed by atoms with Crippen LogP contribution in [0.4, 0.5) is 0 Å². The molecule has 1 aromatic rings. The summed E-state index contributed by atoms with van der Waals surface area (Å²) in [6.45, 7) is 0. The Hall–Kier alpha value is -1.20. The first-order valence-electron chi connectivity index (χ1n) is 3.67. The Morgan fingerprint density at radius 2 is 1.33 bits per heavy atom. The molecule has 0 N–H and O–H groups in total. The first kappa shape index (κ1) is 11.9. The van der Waals surface area contributed by atoms with Crippen LogP contribution in [0, 0.1) is 0 Å². The summed E-state index contributed by atoms with van der Waals surface area (Å²) in [6.07, 6.45) is 0. The summed E-state index contributed by atoms with van der Waals surface area (Å²) in [4.78, 5) is 22.5. The van der Waals surface area contributed by atoms with Crippen molar-refractivity contribution in [2.75, 3.05) is 14.2 Å². The van der Waals surface area contributed by atoms with Gasteiger partial charge in [-0.2, -0.15) is 0 Å². The number of methoxy groups -OCH3 is 2. The lowest BCUT2D eigenvalue weighted by Gasteiger charge is -1.99. The molecule has 0 bridgehead atoms. The second-order valence-electron chi connectivity index (χ2n) is 2.38.